The Bertz CT molecular complexity index is 589. The minimum absolute atomic E-state index is 0.139. The molecule has 2 unspecified atom stereocenters. The molecule has 1 N–H and O–H groups in total. The van der Waals surface area contributed by atoms with E-state index in [-0.39, 0.29) is 5.75 Å². The van der Waals surface area contributed by atoms with Crippen LogP contribution in [-0.2, 0) is 16.4 Å². The third kappa shape index (κ3) is 3.98. The van der Waals surface area contributed by atoms with Crippen molar-refractivity contribution in [1.29, 1.82) is 0 Å². The van der Waals surface area contributed by atoms with Crippen molar-refractivity contribution in [3.63, 3.8) is 0 Å². The van der Waals surface area contributed by atoms with Crippen molar-refractivity contribution in [3.05, 3.63) is 29.8 Å². The normalized spacial score (nSPS) is 27.4. The van der Waals surface area contributed by atoms with Crippen LogP contribution in [-0.4, -0.2) is 27.8 Å². The molecule has 2 aliphatic carbocycles. The van der Waals surface area contributed by atoms with Gasteiger partial charge in [0.05, 0.1) is 12.9 Å². The van der Waals surface area contributed by atoms with Crippen molar-refractivity contribution in [2.75, 3.05) is 19.4 Å². The molecule has 2 fully saturated rings. The maximum Gasteiger partial charge on any atom is 0.211 e. The lowest BCUT2D eigenvalue weighted by Gasteiger charge is -2.13. The van der Waals surface area contributed by atoms with Crippen LogP contribution >= 0.6 is 0 Å². The molecule has 1 aromatic carbocycles. The van der Waals surface area contributed by atoms with Gasteiger partial charge in [-0.15, -0.1) is 0 Å². The van der Waals surface area contributed by atoms with Gasteiger partial charge in [-0.25, -0.2) is 13.1 Å². The van der Waals surface area contributed by atoms with Crippen molar-refractivity contribution in [1.82, 2.24) is 4.72 Å². The molecule has 116 valence electrons. The van der Waals surface area contributed by atoms with E-state index in [1.54, 1.807) is 7.11 Å². The van der Waals surface area contributed by atoms with Gasteiger partial charge in [0.25, 0.3) is 0 Å². The van der Waals surface area contributed by atoms with Gasteiger partial charge in [0, 0.05) is 6.54 Å². The smallest absolute Gasteiger partial charge is 0.211 e. The molecule has 2 saturated carbocycles. The fourth-order valence-corrected chi connectivity index (χ4v) is 4.54. The van der Waals surface area contributed by atoms with Crippen LogP contribution in [0.1, 0.15) is 24.8 Å². The summed E-state index contributed by atoms with van der Waals surface area (Å²) in [5.74, 6) is 3.26. The lowest BCUT2D eigenvalue weighted by Crippen LogP contribution is -2.31. The fraction of sp³-hybridized carbons (Fsp3) is 0.625. The largest absolute Gasteiger partial charge is 0.497 e. The Kier molecular flexibility index (Phi) is 4.22. The van der Waals surface area contributed by atoms with E-state index in [0.717, 1.165) is 23.1 Å². The highest BCUT2D eigenvalue weighted by molar-refractivity contribution is 7.89. The number of sulfonamides is 1. The Morgan fingerprint density at radius 3 is 2.71 bits per heavy atom. The van der Waals surface area contributed by atoms with E-state index in [4.69, 9.17) is 4.74 Å². The molecule has 5 heteroatoms. The summed E-state index contributed by atoms with van der Waals surface area (Å²) in [5.41, 5.74) is 0.988. The molecule has 0 bridgehead atoms. The van der Waals surface area contributed by atoms with E-state index in [9.17, 15) is 8.42 Å². The Balaban J connectivity index is 1.46. The Morgan fingerprint density at radius 2 is 2.00 bits per heavy atom. The predicted octanol–water partition coefficient (Wildman–Crippen LogP) is 2.20. The molecular formula is C16H23NO3S. The molecule has 0 amide bonds. The third-order valence-corrected chi connectivity index (χ3v) is 6.07. The number of nitrogens with one attached hydrogen (secondary N) is 1. The molecule has 0 spiro atoms. The second kappa shape index (κ2) is 5.97. The summed E-state index contributed by atoms with van der Waals surface area (Å²) in [7, 11) is -1.57. The first-order valence-corrected chi connectivity index (χ1v) is 9.31. The van der Waals surface area contributed by atoms with Gasteiger partial charge < -0.3 is 4.74 Å². The van der Waals surface area contributed by atoms with Gasteiger partial charge in [-0.05, 0) is 61.1 Å². The van der Waals surface area contributed by atoms with Crippen molar-refractivity contribution >= 4 is 10.0 Å². The first kappa shape index (κ1) is 14.9. The van der Waals surface area contributed by atoms with Gasteiger partial charge in [-0.2, -0.15) is 0 Å². The highest BCUT2D eigenvalue weighted by atomic mass is 32.2. The van der Waals surface area contributed by atoms with Crippen molar-refractivity contribution in [2.24, 2.45) is 17.8 Å². The molecule has 1 aromatic rings. The summed E-state index contributed by atoms with van der Waals surface area (Å²) in [6.07, 6.45) is 4.31. The minimum atomic E-state index is -3.18. The Morgan fingerprint density at radius 1 is 1.24 bits per heavy atom. The molecule has 3 rings (SSSR count). The van der Waals surface area contributed by atoms with Gasteiger partial charge in [-0.1, -0.05) is 12.1 Å². The maximum absolute atomic E-state index is 12.1. The number of hydrogen-bond acceptors (Lipinski definition) is 3. The van der Waals surface area contributed by atoms with Gasteiger partial charge in [0.1, 0.15) is 5.75 Å². The van der Waals surface area contributed by atoms with Gasteiger partial charge in [0.2, 0.25) is 10.0 Å². The number of fused-ring (bicyclic) bond motifs is 1. The summed E-state index contributed by atoms with van der Waals surface area (Å²) in [6, 6.07) is 7.57. The lowest BCUT2D eigenvalue weighted by atomic mass is 10.0. The molecule has 0 aliphatic heterocycles. The van der Waals surface area contributed by atoms with Gasteiger partial charge >= 0.3 is 0 Å². The van der Waals surface area contributed by atoms with Crippen LogP contribution in [0, 0.1) is 17.8 Å². The molecule has 2 atom stereocenters. The minimum Gasteiger partial charge on any atom is -0.497 e. The zero-order valence-electron chi connectivity index (χ0n) is 12.4. The van der Waals surface area contributed by atoms with Crippen LogP contribution in [0.15, 0.2) is 24.3 Å². The molecule has 0 radical (unpaired) electrons. The lowest BCUT2D eigenvalue weighted by molar-refractivity contribution is 0.414. The Hall–Kier alpha value is -1.07. The molecular weight excluding hydrogens is 286 g/mol. The first-order valence-electron chi connectivity index (χ1n) is 7.66. The van der Waals surface area contributed by atoms with Crippen LogP contribution in [0.25, 0.3) is 0 Å². The summed E-state index contributed by atoms with van der Waals surface area (Å²) < 4.78 is 32.1. The molecule has 21 heavy (non-hydrogen) atoms. The summed E-state index contributed by atoms with van der Waals surface area (Å²) in [4.78, 5) is 0. The van der Waals surface area contributed by atoms with E-state index < -0.39 is 10.0 Å². The zero-order chi connectivity index (χ0) is 14.9. The number of methoxy groups -OCH3 is 1. The van der Waals surface area contributed by atoms with Gasteiger partial charge in [-0.3, -0.25) is 0 Å². The number of hydrogen-bond donors (Lipinski definition) is 1. The van der Waals surface area contributed by atoms with Gasteiger partial charge in [0.15, 0.2) is 0 Å². The number of ether oxygens (including phenoxy) is 1. The van der Waals surface area contributed by atoms with Crippen LogP contribution in [0.3, 0.4) is 0 Å². The summed E-state index contributed by atoms with van der Waals surface area (Å²) >= 11 is 0. The van der Waals surface area contributed by atoms with E-state index >= 15 is 0 Å². The van der Waals surface area contributed by atoms with Crippen molar-refractivity contribution in [2.45, 2.75) is 25.7 Å². The molecule has 0 saturated heterocycles. The second-order valence-electron chi connectivity index (χ2n) is 6.36. The average molecular weight is 309 g/mol. The molecule has 2 aliphatic rings. The number of rotatable bonds is 7. The van der Waals surface area contributed by atoms with E-state index in [1.165, 1.54) is 19.3 Å². The highest BCUT2D eigenvalue weighted by Crippen LogP contribution is 2.54. The summed E-state index contributed by atoms with van der Waals surface area (Å²) in [5, 5.41) is 0. The van der Waals surface area contributed by atoms with Crippen LogP contribution in [0.5, 0.6) is 5.75 Å². The van der Waals surface area contributed by atoms with Crippen molar-refractivity contribution < 1.29 is 13.2 Å². The van der Waals surface area contributed by atoms with Crippen molar-refractivity contribution in [3.8, 4) is 5.75 Å². The highest BCUT2D eigenvalue weighted by Gasteiger charge is 2.45. The summed E-state index contributed by atoms with van der Waals surface area (Å²) in [6.45, 7) is 0.618. The number of benzene rings is 1. The molecule has 4 nitrogen and oxygen atoms in total. The number of aryl methyl sites for hydroxylation is 1. The Labute approximate surface area is 126 Å². The average Bonchev–Trinajstić information content (AvgIpc) is 3.10. The monoisotopic (exact) mass is 309 g/mol. The van der Waals surface area contributed by atoms with Crippen LogP contribution in [0.2, 0.25) is 0 Å². The molecule has 0 aromatic heterocycles. The fourth-order valence-electron chi connectivity index (χ4n) is 3.40. The second-order valence-corrected chi connectivity index (χ2v) is 8.29. The zero-order valence-corrected chi connectivity index (χ0v) is 13.2. The van der Waals surface area contributed by atoms with Crippen LogP contribution in [0.4, 0.5) is 0 Å². The molecule has 0 heterocycles. The van der Waals surface area contributed by atoms with Crippen LogP contribution < -0.4 is 9.46 Å². The topological polar surface area (TPSA) is 55.4 Å². The van der Waals surface area contributed by atoms with E-state index in [0.29, 0.717) is 18.9 Å². The first-order chi connectivity index (χ1) is 10.1. The van der Waals surface area contributed by atoms with E-state index in [1.807, 2.05) is 24.3 Å². The third-order valence-electron chi connectivity index (χ3n) is 4.73. The SMILES string of the molecule is COc1cccc(CCS(=O)(=O)NCC2CC3CC3C2)c1. The quantitative estimate of drug-likeness (QED) is 0.840. The predicted molar refractivity (Wildman–Crippen MR) is 82.8 cm³/mol. The standard InChI is InChI=1S/C16H23NO3S/c1-20-16-4-2-3-12(9-16)5-6-21(18,19)17-11-13-7-14-10-15(14)8-13/h2-4,9,13-15,17H,5-8,10-11H2,1H3. The maximum atomic E-state index is 12.1. The van der Waals surface area contributed by atoms with E-state index in [2.05, 4.69) is 4.72 Å².